The van der Waals surface area contributed by atoms with Crippen molar-refractivity contribution < 1.29 is 5.11 Å². The molecule has 0 atom stereocenters. The Labute approximate surface area is 202 Å². The van der Waals surface area contributed by atoms with E-state index in [0.29, 0.717) is 29.6 Å². The molecule has 0 saturated carbocycles. The van der Waals surface area contributed by atoms with Crippen LogP contribution in [0.15, 0.2) is 54.6 Å². The van der Waals surface area contributed by atoms with E-state index in [1.165, 1.54) is 0 Å². The van der Waals surface area contributed by atoms with Gasteiger partial charge in [-0.05, 0) is 44.1 Å². The Morgan fingerprint density at radius 3 is 2.71 bits per heavy atom. The zero-order valence-corrected chi connectivity index (χ0v) is 20.3. The van der Waals surface area contributed by atoms with E-state index in [1.54, 1.807) is 18.2 Å². The quantitative estimate of drug-likeness (QED) is 0.324. The number of piperidine rings is 1. The van der Waals surface area contributed by atoms with Crippen LogP contribution in [0.2, 0.25) is 0 Å². The third-order valence-corrected chi connectivity index (χ3v) is 6.16. The number of hydrogen-bond acceptors (Lipinski definition) is 7. The maximum absolute atomic E-state index is 9.88. The van der Waals surface area contributed by atoms with E-state index in [0.717, 1.165) is 67.4 Å². The molecular weight excluding hydrogens is 426 g/mol. The molecule has 1 fully saturated rings. The Bertz CT molecular complexity index is 1080. The highest BCUT2D eigenvalue weighted by Crippen LogP contribution is 2.32. The predicted octanol–water partition coefficient (Wildman–Crippen LogP) is 3.93. The SMILES string of the molecule is C=C/C=C(C(=C)O)/C(N)=C/c1c(N)[nH]c2c1CN(c1nccc(C3CCNCC3)n1)CC2.CC. The van der Waals surface area contributed by atoms with Gasteiger partial charge in [-0.1, -0.05) is 33.1 Å². The molecular formula is C26H37N7O. The van der Waals surface area contributed by atoms with Gasteiger partial charge in [-0.25, -0.2) is 9.97 Å². The Balaban J connectivity index is 0.00000158. The second-order valence-electron chi connectivity index (χ2n) is 8.25. The summed E-state index contributed by atoms with van der Waals surface area (Å²) in [5.74, 6) is 1.64. The number of aliphatic hydroxyl groups excluding tert-OH is 1. The number of nitrogens with two attached hydrogens (primary N) is 2. The average molecular weight is 464 g/mol. The summed E-state index contributed by atoms with van der Waals surface area (Å²) in [5.41, 5.74) is 17.4. The molecule has 34 heavy (non-hydrogen) atoms. The van der Waals surface area contributed by atoms with Crippen molar-refractivity contribution in [3.8, 4) is 0 Å². The van der Waals surface area contributed by atoms with Gasteiger partial charge in [0.1, 0.15) is 11.6 Å². The molecule has 2 aromatic heterocycles. The second kappa shape index (κ2) is 11.6. The predicted molar refractivity (Wildman–Crippen MR) is 140 cm³/mol. The lowest BCUT2D eigenvalue weighted by molar-refractivity contribution is 0.428. The van der Waals surface area contributed by atoms with Crippen LogP contribution in [0.1, 0.15) is 55.1 Å². The molecule has 182 valence electrons. The highest BCUT2D eigenvalue weighted by Gasteiger charge is 2.25. The molecule has 4 rings (SSSR count). The van der Waals surface area contributed by atoms with Crippen LogP contribution in [0.25, 0.3) is 6.08 Å². The Kier molecular flexibility index (Phi) is 8.54. The molecule has 0 aliphatic carbocycles. The third-order valence-electron chi connectivity index (χ3n) is 6.16. The number of nitrogens with one attached hydrogen (secondary N) is 2. The van der Waals surface area contributed by atoms with Crippen LogP contribution in [0.4, 0.5) is 11.8 Å². The highest BCUT2D eigenvalue weighted by molar-refractivity contribution is 5.72. The van der Waals surface area contributed by atoms with Gasteiger partial charge in [-0.3, -0.25) is 0 Å². The number of nitrogens with zero attached hydrogens (tertiary/aromatic N) is 3. The number of hydrogen-bond donors (Lipinski definition) is 5. The number of rotatable bonds is 6. The largest absolute Gasteiger partial charge is 0.508 e. The average Bonchev–Trinajstić information content (AvgIpc) is 3.18. The van der Waals surface area contributed by atoms with Crippen molar-refractivity contribution in [3.05, 3.63) is 77.1 Å². The van der Waals surface area contributed by atoms with Gasteiger partial charge in [0.2, 0.25) is 5.95 Å². The summed E-state index contributed by atoms with van der Waals surface area (Å²) < 4.78 is 0. The summed E-state index contributed by atoms with van der Waals surface area (Å²) >= 11 is 0. The summed E-state index contributed by atoms with van der Waals surface area (Å²) in [4.78, 5) is 14.9. The smallest absolute Gasteiger partial charge is 0.225 e. The minimum atomic E-state index is -0.119. The zero-order chi connectivity index (χ0) is 24.7. The number of aliphatic hydroxyl groups is 1. The molecule has 8 nitrogen and oxygen atoms in total. The van der Waals surface area contributed by atoms with Crippen LogP contribution < -0.4 is 21.7 Å². The normalized spacial score (nSPS) is 16.9. The van der Waals surface area contributed by atoms with Crippen LogP contribution in [0.5, 0.6) is 0 Å². The van der Waals surface area contributed by atoms with Gasteiger partial charge < -0.3 is 31.8 Å². The lowest BCUT2D eigenvalue weighted by atomic mass is 9.94. The number of fused-ring (bicyclic) bond motifs is 1. The number of aromatic amines is 1. The first-order valence-corrected chi connectivity index (χ1v) is 11.9. The fourth-order valence-electron chi connectivity index (χ4n) is 4.45. The van der Waals surface area contributed by atoms with E-state index < -0.39 is 0 Å². The monoisotopic (exact) mass is 463 g/mol. The summed E-state index contributed by atoms with van der Waals surface area (Å²) in [6.45, 7) is 14.7. The van der Waals surface area contributed by atoms with E-state index in [-0.39, 0.29) is 5.76 Å². The maximum Gasteiger partial charge on any atom is 0.225 e. The van der Waals surface area contributed by atoms with Crippen LogP contribution in [-0.2, 0) is 13.0 Å². The molecule has 4 heterocycles. The topological polar surface area (TPSA) is 129 Å². The standard InChI is InChI=1S/C24H31N7O.C2H6/c1-3-4-17(15(2)32)20(25)13-18-19-14-31(12-8-22(19)29-23(18)26)24-28-11-7-21(30-24)16-5-9-27-10-6-16;1-2/h3-4,7,11,13,16,27,29,32H,1-2,5-6,8-10,12,14,25-26H2;1-2H3/b17-4+,20-13-;. The van der Waals surface area contributed by atoms with Gasteiger partial charge in [-0.15, -0.1) is 0 Å². The maximum atomic E-state index is 9.88. The fraction of sp³-hybridized carbons (Fsp3) is 0.385. The molecule has 0 bridgehead atoms. The van der Waals surface area contributed by atoms with Crippen LogP contribution in [0.3, 0.4) is 0 Å². The second-order valence-corrected chi connectivity index (χ2v) is 8.25. The van der Waals surface area contributed by atoms with Gasteiger partial charge in [0.25, 0.3) is 0 Å². The van der Waals surface area contributed by atoms with Gasteiger partial charge in [-0.2, -0.15) is 0 Å². The van der Waals surface area contributed by atoms with E-state index in [4.69, 9.17) is 16.5 Å². The van der Waals surface area contributed by atoms with E-state index >= 15 is 0 Å². The molecule has 0 aromatic carbocycles. The van der Waals surface area contributed by atoms with Gasteiger partial charge in [0, 0.05) is 65.4 Å². The molecule has 0 unspecified atom stereocenters. The van der Waals surface area contributed by atoms with Gasteiger partial charge in [0.15, 0.2) is 0 Å². The lowest BCUT2D eigenvalue weighted by Crippen LogP contribution is -2.32. The number of allylic oxidation sites excluding steroid dienone is 2. The first kappa shape index (κ1) is 25.1. The van der Waals surface area contributed by atoms with Crippen molar-refractivity contribution in [2.75, 3.05) is 30.3 Å². The number of nitrogen functional groups attached to an aromatic ring is 1. The summed E-state index contributed by atoms with van der Waals surface area (Å²) in [6, 6.07) is 2.03. The van der Waals surface area contributed by atoms with Crippen molar-refractivity contribution in [3.63, 3.8) is 0 Å². The first-order valence-electron chi connectivity index (χ1n) is 11.9. The Morgan fingerprint density at radius 2 is 2.03 bits per heavy atom. The first-order chi connectivity index (χ1) is 16.5. The van der Waals surface area contributed by atoms with E-state index in [1.807, 2.05) is 26.1 Å². The number of anilines is 2. The summed E-state index contributed by atoms with van der Waals surface area (Å²) in [5, 5.41) is 13.3. The molecule has 8 heteroatoms. The van der Waals surface area contributed by atoms with Gasteiger partial charge in [0.05, 0.1) is 0 Å². The van der Waals surface area contributed by atoms with Gasteiger partial charge >= 0.3 is 0 Å². The Hall–Kier alpha value is -3.52. The third kappa shape index (κ3) is 5.51. The molecule has 7 N–H and O–H groups in total. The summed E-state index contributed by atoms with van der Waals surface area (Å²) in [7, 11) is 0. The van der Waals surface area contributed by atoms with E-state index in [9.17, 15) is 5.11 Å². The van der Waals surface area contributed by atoms with Crippen LogP contribution in [-0.4, -0.2) is 39.7 Å². The number of H-pyrrole nitrogens is 1. The van der Waals surface area contributed by atoms with E-state index in [2.05, 4.69) is 33.3 Å². The highest BCUT2D eigenvalue weighted by atomic mass is 16.3. The lowest BCUT2D eigenvalue weighted by Gasteiger charge is -2.29. The minimum absolute atomic E-state index is 0.119. The van der Waals surface area contributed by atoms with Crippen LogP contribution in [0, 0.1) is 0 Å². The van der Waals surface area contributed by atoms with Crippen molar-refractivity contribution >= 4 is 17.8 Å². The number of aromatic nitrogens is 3. The Morgan fingerprint density at radius 1 is 1.29 bits per heavy atom. The minimum Gasteiger partial charge on any atom is -0.508 e. The van der Waals surface area contributed by atoms with Crippen molar-refractivity contribution in [1.29, 1.82) is 0 Å². The van der Waals surface area contributed by atoms with Crippen molar-refractivity contribution in [1.82, 2.24) is 20.3 Å². The molecule has 2 aromatic rings. The molecule has 2 aliphatic rings. The molecule has 0 spiro atoms. The summed E-state index contributed by atoms with van der Waals surface area (Å²) in [6.07, 6.45) is 9.81. The van der Waals surface area contributed by atoms with Crippen LogP contribution >= 0.6 is 0 Å². The molecule has 1 saturated heterocycles. The zero-order valence-electron chi connectivity index (χ0n) is 20.3. The molecule has 0 amide bonds. The molecule has 2 aliphatic heterocycles. The fourth-order valence-corrected chi connectivity index (χ4v) is 4.45. The van der Waals surface area contributed by atoms with Crippen molar-refractivity contribution in [2.45, 2.75) is 45.6 Å². The van der Waals surface area contributed by atoms with Crippen molar-refractivity contribution in [2.24, 2.45) is 5.73 Å². The molecule has 0 radical (unpaired) electrons.